The topological polar surface area (TPSA) is 53.6 Å². The summed E-state index contributed by atoms with van der Waals surface area (Å²) in [6.07, 6.45) is 4.46. The molecule has 1 aliphatic heterocycles. The molecule has 1 aromatic rings. The number of nitrogens with one attached hydrogen (secondary N) is 2. The fraction of sp³-hybridized carbons (Fsp3) is 0.609. The Morgan fingerprint density at radius 1 is 1.27 bits per heavy atom. The van der Waals surface area contributed by atoms with Crippen LogP contribution in [0.4, 0.5) is 4.39 Å². The van der Waals surface area contributed by atoms with Crippen molar-refractivity contribution in [1.29, 1.82) is 0 Å². The second-order valence-electron chi connectivity index (χ2n) is 9.11. The van der Waals surface area contributed by atoms with Crippen LogP contribution in [-0.2, 0) is 4.74 Å². The number of likely N-dealkylation sites (tertiary alicyclic amines) is 1. The van der Waals surface area contributed by atoms with Crippen LogP contribution in [-0.4, -0.2) is 56.2 Å². The third kappa shape index (κ3) is 6.96. The lowest BCUT2D eigenvalue weighted by atomic mass is 9.96. The van der Waals surface area contributed by atoms with Crippen LogP contribution in [0.1, 0.15) is 49.9 Å². The number of carbonyl (C=O) groups excluding carboxylic acids is 1. The highest BCUT2D eigenvalue weighted by Gasteiger charge is 2.27. The molecule has 0 atom stereocenters. The van der Waals surface area contributed by atoms with Crippen LogP contribution in [0.25, 0.3) is 0 Å². The number of carbonyl (C=O) groups is 1. The van der Waals surface area contributed by atoms with Crippen molar-refractivity contribution >= 4 is 17.5 Å². The van der Waals surface area contributed by atoms with Crippen LogP contribution >= 0.6 is 11.6 Å². The second-order valence-corrected chi connectivity index (χ2v) is 9.55. The van der Waals surface area contributed by atoms with Crippen LogP contribution in [0.5, 0.6) is 0 Å². The van der Waals surface area contributed by atoms with E-state index in [1.807, 2.05) is 0 Å². The summed E-state index contributed by atoms with van der Waals surface area (Å²) in [5.41, 5.74) is 3.07. The largest absolute Gasteiger partial charge is 0.382 e. The van der Waals surface area contributed by atoms with Crippen LogP contribution in [0.15, 0.2) is 29.5 Å². The van der Waals surface area contributed by atoms with Gasteiger partial charge in [0.1, 0.15) is 5.82 Å². The van der Waals surface area contributed by atoms with Crippen LogP contribution in [0, 0.1) is 11.7 Å². The molecular formula is C23H33ClFN3O2. The SMILES string of the molecule is COCC(C)(C)NC(CN1CCC(CNC(=O)c2cc(F)cc(Cl)c2)CC1)=C1CC1. The second kappa shape index (κ2) is 10.1. The number of hydrogen-bond acceptors (Lipinski definition) is 4. The van der Waals surface area contributed by atoms with Crippen molar-refractivity contribution in [3.05, 3.63) is 45.9 Å². The molecule has 1 aliphatic carbocycles. The van der Waals surface area contributed by atoms with Crippen LogP contribution in [0.2, 0.25) is 5.02 Å². The molecule has 2 N–H and O–H groups in total. The van der Waals surface area contributed by atoms with E-state index in [1.165, 1.54) is 42.3 Å². The third-order valence-corrected chi connectivity index (χ3v) is 5.90. The number of hydrogen-bond donors (Lipinski definition) is 2. The van der Waals surface area contributed by atoms with Gasteiger partial charge in [0.2, 0.25) is 0 Å². The van der Waals surface area contributed by atoms with E-state index in [1.54, 1.807) is 7.11 Å². The summed E-state index contributed by atoms with van der Waals surface area (Å²) in [6, 6.07) is 3.91. The Morgan fingerprint density at radius 2 is 1.97 bits per heavy atom. The fourth-order valence-corrected chi connectivity index (χ4v) is 4.23. The molecule has 0 bridgehead atoms. The van der Waals surface area contributed by atoms with Gasteiger partial charge in [0.25, 0.3) is 5.91 Å². The quantitative estimate of drug-likeness (QED) is 0.613. The summed E-state index contributed by atoms with van der Waals surface area (Å²) in [5.74, 6) is -0.336. The summed E-state index contributed by atoms with van der Waals surface area (Å²) in [7, 11) is 1.74. The van der Waals surface area contributed by atoms with Gasteiger partial charge in [0.15, 0.2) is 0 Å². The van der Waals surface area contributed by atoms with E-state index < -0.39 is 5.82 Å². The number of ether oxygens (including phenoxy) is 1. The van der Waals surface area contributed by atoms with E-state index in [2.05, 4.69) is 29.4 Å². The lowest BCUT2D eigenvalue weighted by Gasteiger charge is -2.35. The van der Waals surface area contributed by atoms with Crippen molar-refractivity contribution in [3.8, 4) is 0 Å². The van der Waals surface area contributed by atoms with Crippen molar-refractivity contribution in [2.45, 2.75) is 45.1 Å². The molecular weight excluding hydrogens is 405 g/mol. The van der Waals surface area contributed by atoms with Crippen molar-refractivity contribution < 1.29 is 13.9 Å². The van der Waals surface area contributed by atoms with E-state index in [-0.39, 0.29) is 22.0 Å². The molecule has 2 aliphatic rings. The minimum atomic E-state index is -0.496. The lowest BCUT2D eigenvalue weighted by molar-refractivity contribution is 0.0936. The van der Waals surface area contributed by atoms with Gasteiger partial charge in [-0.15, -0.1) is 0 Å². The van der Waals surface area contributed by atoms with Gasteiger partial charge in [0, 0.05) is 36.5 Å². The van der Waals surface area contributed by atoms with Gasteiger partial charge >= 0.3 is 0 Å². The fourth-order valence-electron chi connectivity index (χ4n) is 4.01. The first-order valence-corrected chi connectivity index (χ1v) is 11.1. The Bertz CT molecular complexity index is 762. The number of benzene rings is 1. The standard InChI is InChI=1S/C23H33ClFN3O2/c1-23(2,15-30-3)27-21(17-4-5-17)14-28-8-6-16(7-9-28)13-26-22(29)18-10-19(24)12-20(25)11-18/h10-12,16,27H,4-9,13-15H2,1-3H3,(H,26,29). The van der Waals surface area contributed by atoms with Gasteiger partial charge in [-0.2, -0.15) is 0 Å². The summed E-state index contributed by atoms with van der Waals surface area (Å²) < 4.78 is 18.8. The molecule has 0 spiro atoms. The number of piperidine rings is 1. The van der Waals surface area contributed by atoms with Gasteiger partial charge in [-0.3, -0.25) is 9.69 Å². The van der Waals surface area contributed by atoms with Crippen molar-refractivity contribution in [2.75, 3.05) is 39.9 Å². The summed E-state index contributed by atoms with van der Waals surface area (Å²) in [5, 5.41) is 6.86. The van der Waals surface area contributed by atoms with Gasteiger partial charge in [0.05, 0.1) is 12.1 Å². The van der Waals surface area contributed by atoms with E-state index in [0.717, 1.165) is 32.5 Å². The van der Waals surface area contributed by atoms with Gasteiger partial charge in [-0.05, 0) is 82.3 Å². The molecule has 3 rings (SSSR count). The molecule has 1 saturated heterocycles. The maximum absolute atomic E-state index is 13.5. The zero-order valence-corrected chi connectivity index (χ0v) is 18.9. The number of amides is 1. The lowest BCUT2D eigenvalue weighted by Crippen LogP contribution is -2.46. The average molecular weight is 438 g/mol. The van der Waals surface area contributed by atoms with Crippen LogP contribution < -0.4 is 10.6 Å². The monoisotopic (exact) mass is 437 g/mol. The van der Waals surface area contributed by atoms with Crippen LogP contribution in [0.3, 0.4) is 0 Å². The molecule has 5 nitrogen and oxygen atoms in total. The number of nitrogens with zero attached hydrogens (tertiary/aromatic N) is 1. The summed E-state index contributed by atoms with van der Waals surface area (Å²) in [4.78, 5) is 14.8. The van der Waals surface area contributed by atoms with Crippen molar-refractivity contribution in [2.24, 2.45) is 5.92 Å². The van der Waals surface area contributed by atoms with E-state index >= 15 is 0 Å². The Balaban J connectivity index is 1.44. The highest BCUT2D eigenvalue weighted by molar-refractivity contribution is 6.31. The Morgan fingerprint density at radius 3 is 2.57 bits per heavy atom. The molecule has 30 heavy (non-hydrogen) atoms. The molecule has 1 saturated carbocycles. The number of halogens is 2. The van der Waals surface area contributed by atoms with Gasteiger partial charge in [-0.25, -0.2) is 4.39 Å². The molecule has 1 aromatic carbocycles. The molecule has 0 unspecified atom stereocenters. The van der Waals surface area contributed by atoms with E-state index in [9.17, 15) is 9.18 Å². The highest BCUT2D eigenvalue weighted by Crippen LogP contribution is 2.32. The molecule has 166 valence electrons. The zero-order chi connectivity index (χ0) is 21.7. The first-order chi connectivity index (χ1) is 14.3. The highest BCUT2D eigenvalue weighted by atomic mass is 35.5. The molecule has 7 heteroatoms. The Labute approximate surface area is 184 Å². The summed E-state index contributed by atoms with van der Waals surface area (Å²) in [6.45, 7) is 8.57. The Kier molecular flexibility index (Phi) is 7.77. The number of rotatable bonds is 9. The van der Waals surface area contributed by atoms with Gasteiger partial charge < -0.3 is 15.4 Å². The van der Waals surface area contributed by atoms with E-state index in [0.29, 0.717) is 19.1 Å². The maximum Gasteiger partial charge on any atom is 0.251 e. The minimum Gasteiger partial charge on any atom is -0.382 e. The third-order valence-electron chi connectivity index (χ3n) is 5.69. The number of allylic oxidation sites excluding steroid dienone is 1. The Hall–Kier alpha value is -1.63. The zero-order valence-electron chi connectivity index (χ0n) is 18.2. The molecule has 2 fully saturated rings. The first-order valence-electron chi connectivity index (χ1n) is 10.7. The van der Waals surface area contributed by atoms with Gasteiger partial charge in [-0.1, -0.05) is 11.6 Å². The smallest absolute Gasteiger partial charge is 0.251 e. The molecule has 1 amide bonds. The maximum atomic E-state index is 13.5. The normalized spacial score (nSPS) is 17.7. The predicted octanol–water partition coefficient (Wildman–Crippen LogP) is 3.98. The number of methoxy groups -OCH3 is 1. The van der Waals surface area contributed by atoms with E-state index in [4.69, 9.17) is 16.3 Å². The predicted molar refractivity (Wildman–Crippen MR) is 118 cm³/mol. The average Bonchev–Trinajstić information content (AvgIpc) is 3.51. The van der Waals surface area contributed by atoms with Crippen molar-refractivity contribution in [1.82, 2.24) is 15.5 Å². The molecule has 0 radical (unpaired) electrons. The van der Waals surface area contributed by atoms with Crippen molar-refractivity contribution in [3.63, 3.8) is 0 Å². The molecule has 1 heterocycles. The minimum absolute atomic E-state index is 0.0813. The first kappa shape index (κ1) is 23.0. The summed E-state index contributed by atoms with van der Waals surface area (Å²) >= 11 is 5.84. The molecule has 0 aromatic heterocycles.